The van der Waals surface area contributed by atoms with Crippen LogP contribution in [0.15, 0.2) is 60.7 Å². The molecule has 0 amide bonds. The van der Waals surface area contributed by atoms with Gasteiger partial charge in [-0.1, -0.05) is 60.7 Å². The van der Waals surface area contributed by atoms with Gasteiger partial charge in [-0.05, 0) is 44.7 Å². The van der Waals surface area contributed by atoms with Crippen molar-refractivity contribution in [2.45, 2.75) is 50.4 Å². The van der Waals surface area contributed by atoms with Crippen molar-refractivity contribution in [3.63, 3.8) is 0 Å². The summed E-state index contributed by atoms with van der Waals surface area (Å²) in [6.07, 6.45) is 1.11. The fourth-order valence-electron chi connectivity index (χ4n) is 4.40. The van der Waals surface area contributed by atoms with E-state index in [-0.39, 0.29) is 11.9 Å². The van der Waals surface area contributed by atoms with Crippen molar-refractivity contribution in [1.82, 2.24) is 0 Å². The van der Waals surface area contributed by atoms with Crippen molar-refractivity contribution in [3.05, 3.63) is 71.8 Å². The lowest BCUT2D eigenvalue weighted by molar-refractivity contribution is -0.257. The SMILES string of the molecule is COC(=O)[C@@H]1CC[C@@](C)(C(O)(c2ccccc2)c2ccccc2)OC1(C)C. The molecule has 1 N–H and O–H groups in total. The fraction of sp³-hybridized carbons (Fsp3) is 0.435. The van der Waals surface area contributed by atoms with Crippen molar-refractivity contribution in [2.75, 3.05) is 7.11 Å². The molecule has 2 aromatic carbocycles. The van der Waals surface area contributed by atoms with Gasteiger partial charge in [0, 0.05) is 0 Å². The van der Waals surface area contributed by atoms with Crippen LogP contribution in [0.4, 0.5) is 0 Å². The zero-order chi connectivity index (χ0) is 19.7. The number of benzene rings is 2. The van der Waals surface area contributed by atoms with Gasteiger partial charge in [0.15, 0.2) is 0 Å². The third-order valence-corrected chi connectivity index (χ3v) is 5.87. The van der Waals surface area contributed by atoms with Crippen molar-refractivity contribution in [2.24, 2.45) is 5.92 Å². The maximum Gasteiger partial charge on any atom is 0.311 e. The van der Waals surface area contributed by atoms with Crippen LogP contribution >= 0.6 is 0 Å². The van der Waals surface area contributed by atoms with Crippen LogP contribution in [-0.4, -0.2) is 29.4 Å². The molecule has 4 nitrogen and oxygen atoms in total. The zero-order valence-corrected chi connectivity index (χ0v) is 16.4. The molecule has 27 heavy (non-hydrogen) atoms. The first kappa shape index (κ1) is 19.6. The van der Waals surface area contributed by atoms with E-state index < -0.39 is 16.8 Å². The average Bonchev–Trinajstić information content (AvgIpc) is 2.67. The lowest BCUT2D eigenvalue weighted by atomic mass is 9.67. The van der Waals surface area contributed by atoms with Crippen LogP contribution in [0.2, 0.25) is 0 Å². The van der Waals surface area contributed by atoms with Crippen molar-refractivity contribution in [3.8, 4) is 0 Å². The number of carbonyl (C=O) groups excluding carboxylic acids is 1. The second-order valence-electron chi connectivity index (χ2n) is 7.99. The first-order valence-electron chi connectivity index (χ1n) is 9.36. The minimum Gasteiger partial charge on any atom is -0.469 e. The number of hydrogen-bond acceptors (Lipinski definition) is 4. The van der Waals surface area contributed by atoms with E-state index in [0.29, 0.717) is 12.8 Å². The van der Waals surface area contributed by atoms with E-state index >= 15 is 0 Å². The van der Waals surface area contributed by atoms with Crippen molar-refractivity contribution in [1.29, 1.82) is 0 Å². The summed E-state index contributed by atoms with van der Waals surface area (Å²) >= 11 is 0. The summed E-state index contributed by atoms with van der Waals surface area (Å²) in [6.45, 7) is 5.72. The summed E-state index contributed by atoms with van der Waals surface area (Å²) in [7, 11) is 1.40. The quantitative estimate of drug-likeness (QED) is 0.827. The number of rotatable bonds is 4. The Morgan fingerprint density at radius 3 is 1.93 bits per heavy atom. The largest absolute Gasteiger partial charge is 0.469 e. The lowest BCUT2D eigenvalue weighted by Gasteiger charge is -2.54. The molecule has 0 spiro atoms. The fourth-order valence-corrected chi connectivity index (χ4v) is 4.40. The standard InChI is InChI=1S/C23H28O4/c1-21(2)19(20(24)26-4)15-16-22(3,27-21)23(25,17-11-7-5-8-12-17)18-13-9-6-10-14-18/h5-14,19,25H,15-16H2,1-4H3/t19-,22-/m0/s1. The zero-order valence-electron chi connectivity index (χ0n) is 16.4. The molecular weight excluding hydrogens is 340 g/mol. The van der Waals surface area contributed by atoms with E-state index in [0.717, 1.165) is 11.1 Å². The molecule has 0 saturated carbocycles. The van der Waals surface area contributed by atoms with Gasteiger partial charge < -0.3 is 14.6 Å². The number of esters is 1. The Morgan fingerprint density at radius 1 is 1.04 bits per heavy atom. The van der Waals surface area contributed by atoms with Gasteiger partial charge >= 0.3 is 5.97 Å². The number of aliphatic hydroxyl groups is 1. The van der Waals surface area contributed by atoms with Crippen LogP contribution in [0.25, 0.3) is 0 Å². The molecule has 1 aliphatic rings. The highest BCUT2D eigenvalue weighted by Gasteiger charge is 2.57. The van der Waals surface area contributed by atoms with Crippen LogP contribution in [0, 0.1) is 5.92 Å². The predicted octanol–water partition coefficient (Wildman–Crippen LogP) is 4.06. The van der Waals surface area contributed by atoms with E-state index in [1.807, 2.05) is 81.4 Å². The van der Waals surface area contributed by atoms with Crippen LogP contribution in [0.5, 0.6) is 0 Å². The Bertz CT molecular complexity index is 745. The third kappa shape index (κ3) is 3.28. The maximum absolute atomic E-state index is 12.2. The normalized spacial score (nSPS) is 25.0. The van der Waals surface area contributed by atoms with Crippen molar-refractivity contribution < 1.29 is 19.4 Å². The highest BCUT2D eigenvalue weighted by atomic mass is 16.6. The van der Waals surface area contributed by atoms with Gasteiger partial charge in [0.1, 0.15) is 11.2 Å². The summed E-state index contributed by atoms with van der Waals surface area (Å²) < 4.78 is 11.5. The number of ether oxygens (including phenoxy) is 2. The first-order valence-corrected chi connectivity index (χ1v) is 9.36. The summed E-state index contributed by atoms with van der Waals surface area (Å²) in [5, 5.41) is 12.1. The summed E-state index contributed by atoms with van der Waals surface area (Å²) in [5.41, 5.74) is -1.49. The van der Waals surface area contributed by atoms with Gasteiger partial charge in [-0.25, -0.2) is 0 Å². The van der Waals surface area contributed by atoms with E-state index in [2.05, 4.69) is 0 Å². The molecule has 0 aromatic heterocycles. The highest BCUT2D eigenvalue weighted by molar-refractivity contribution is 5.73. The van der Waals surface area contributed by atoms with Crippen LogP contribution < -0.4 is 0 Å². The second kappa shape index (κ2) is 7.10. The minimum atomic E-state index is -1.35. The Kier molecular flexibility index (Phi) is 5.15. The summed E-state index contributed by atoms with van der Waals surface area (Å²) in [5.74, 6) is -0.642. The van der Waals surface area contributed by atoms with Crippen LogP contribution in [0.1, 0.15) is 44.7 Å². The molecule has 1 heterocycles. The predicted molar refractivity (Wildman–Crippen MR) is 104 cm³/mol. The number of methoxy groups -OCH3 is 1. The molecule has 1 saturated heterocycles. The number of carbonyl (C=O) groups is 1. The number of hydrogen-bond donors (Lipinski definition) is 1. The van der Waals surface area contributed by atoms with Gasteiger partial charge in [0.2, 0.25) is 0 Å². The van der Waals surface area contributed by atoms with Crippen LogP contribution in [-0.2, 0) is 19.9 Å². The molecule has 4 heteroatoms. The van der Waals surface area contributed by atoms with E-state index in [4.69, 9.17) is 9.47 Å². The summed E-state index contributed by atoms with van der Waals surface area (Å²) in [4.78, 5) is 12.2. The molecule has 1 aliphatic heterocycles. The third-order valence-electron chi connectivity index (χ3n) is 5.87. The molecule has 0 unspecified atom stereocenters. The Labute approximate surface area is 161 Å². The molecule has 144 valence electrons. The van der Waals surface area contributed by atoms with E-state index in [9.17, 15) is 9.90 Å². The van der Waals surface area contributed by atoms with Gasteiger partial charge in [-0.15, -0.1) is 0 Å². The van der Waals surface area contributed by atoms with Gasteiger partial charge in [-0.3, -0.25) is 4.79 Å². The van der Waals surface area contributed by atoms with Gasteiger partial charge in [0.25, 0.3) is 0 Å². The van der Waals surface area contributed by atoms with Gasteiger partial charge in [-0.2, -0.15) is 0 Å². The topological polar surface area (TPSA) is 55.8 Å². The molecule has 1 fully saturated rings. The molecule has 2 atom stereocenters. The first-order chi connectivity index (χ1) is 12.7. The molecule has 3 rings (SSSR count). The van der Waals surface area contributed by atoms with Gasteiger partial charge in [0.05, 0.1) is 18.6 Å². The maximum atomic E-state index is 12.2. The summed E-state index contributed by atoms with van der Waals surface area (Å²) in [6, 6.07) is 19.2. The second-order valence-corrected chi connectivity index (χ2v) is 7.99. The molecular formula is C23H28O4. The Balaban J connectivity index is 2.10. The van der Waals surface area contributed by atoms with Crippen molar-refractivity contribution >= 4 is 5.97 Å². The highest BCUT2D eigenvalue weighted by Crippen LogP contribution is 2.51. The molecule has 0 bridgehead atoms. The van der Waals surface area contributed by atoms with E-state index in [1.165, 1.54) is 7.11 Å². The van der Waals surface area contributed by atoms with E-state index in [1.54, 1.807) is 0 Å². The Hall–Kier alpha value is -2.17. The molecule has 0 aliphatic carbocycles. The lowest BCUT2D eigenvalue weighted by Crippen LogP contribution is -2.61. The monoisotopic (exact) mass is 368 g/mol. The van der Waals surface area contributed by atoms with Crippen LogP contribution in [0.3, 0.4) is 0 Å². The Morgan fingerprint density at radius 2 is 1.52 bits per heavy atom. The smallest absolute Gasteiger partial charge is 0.311 e. The average molecular weight is 368 g/mol. The minimum absolute atomic E-state index is 0.273. The molecule has 0 radical (unpaired) electrons. The molecule has 2 aromatic rings.